The lowest BCUT2D eigenvalue weighted by atomic mass is 10.1. The highest BCUT2D eigenvalue weighted by atomic mass is 16.5. The fraction of sp³-hybridized carbons (Fsp3) is 0.667. The van der Waals surface area contributed by atoms with E-state index < -0.39 is 0 Å². The van der Waals surface area contributed by atoms with Crippen molar-refractivity contribution in [3.8, 4) is 5.75 Å². The van der Waals surface area contributed by atoms with Crippen molar-refractivity contribution in [3.63, 3.8) is 0 Å². The summed E-state index contributed by atoms with van der Waals surface area (Å²) in [6.45, 7) is 12.9. The predicted octanol–water partition coefficient (Wildman–Crippen LogP) is 3.22. The zero-order valence-electron chi connectivity index (χ0n) is 17.1. The van der Waals surface area contributed by atoms with Crippen LogP contribution in [0.4, 0.5) is 0 Å². The first kappa shape index (κ1) is 20.6. The normalized spacial score (nSPS) is 16.6. The predicted molar refractivity (Wildman–Crippen MR) is 110 cm³/mol. The minimum Gasteiger partial charge on any atom is -0.490 e. The molecule has 1 fully saturated rings. The SMILES string of the molecule is CN=C(NCCN(C(C)C)C(C)C)N1CCC(Oc2ccccc2)CC1. The number of guanidine groups is 1. The van der Waals surface area contributed by atoms with Gasteiger partial charge in [0.1, 0.15) is 11.9 Å². The number of hydrogen-bond donors (Lipinski definition) is 1. The number of nitrogens with one attached hydrogen (secondary N) is 1. The molecule has 1 aromatic carbocycles. The van der Waals surface area contributed by atoms with E-state index in [0.717, 1.165) is 50.7 Å². The van der Waals surface area contributed by atoms with Gasteiger partial charge in [0, 0.05) is 58.2 Å². The third kappa shape index (κ3) is 6.20. The van der Waals surface area contributed by atoms with Gasteiger partial charge in [-0.05, 0) is 39.8 Å². The molecule has 1 saturated heterocycles. The second-order valence-corrected chi connectivity index (χ2v) is 7.52. The Morgan fingerprint density at radius 1 is 1.15 bits per heavy atom. The van der Waals surface area contributed by atoms with Crippen LogP contribution in [0.2, 0.25) is 0 Å². The van der Waals surface area contributed by atoms with Crippen LogP contribution in [0.1, 0.15) is 40.5 Å². The first-order valence-electron chi connectivity index (χ1n) is 9.94. The molecular formula is C21H36N4O. The van der Waals surface area contributed by atoms with E-state index in [1.165, 1.54) is 0 Å². The molecule has 0 aromatic heterocycles. The van der Waals surface area contributed by atoms with Crippen molar-refractivity contribution in [3.05, 3.63) is 30.3 Å². The largest absolute Gasteiger partial charge is 0.490 e. The molecule has 1 aliphatic heterocycles. The van der Waals surface area contributed by atoms with Crippen molar-refractivity contribution >= 4 is 5.96 Å². The fourth-order valence-corrected chi connectivity index (χ4v) is 3.62. The van der Waals surface area contributed by atoms with Crippen molar-refractivity contribution in [2.75, 3.05) is 33.2 Å². The second-order valence-electron chi connectivity index (χ2n) is 7.52. The molecule has 0 atom stereocenters. The molecule has 5 nitrogen and oxygen atoms in total. The average molecular weight is 361 g/mol. The van der Waals surface area contributed by atoms with E-state index in [-0.39, 0.29) is 0 Å². The van der Waals surface area contributed by atoms with Crippen LogP contribution < -0.4 is 10.1 Å². The molecular weight excluding hydrogens is 324 g/mol. The van der Waals surface area contributed by atoms with Gasteiger partial charge < -0.3 is 15.0 Å². The smallest absolute Gasteiger partial charge is 0.193 e. The number of likely N-dealkylation sites (tertiary alicyclic amines) is 1. The highest BCUT2D eigenvalue weighted by molar-refractivity contribution is 5.79. The number of piperidine rings is 1. The third-order valence-corrected chi connectivity index (χ3v) is 4.98. The minimum absolute atomic E-state index is 0.295. The Morgan fingerprint density at radius 3 is 2.31 bits per heavy atom. The van der Waals surface area contributed by atoms with Crippen LogP contribution >= 0.6 is 0 Å². The number of ether oxygens (including phenoxy) is 1. The van der Waals surface area contributed by atoms with Crippen molar-refractivity contribution in [1.29, 1.82) is 0 Å². The first-order valence-corrected chi connectivity index (χ1v) is 9.94. The molecule has 0 amide bonds. The van der Waals surface area contributed by atoms with Crippen LogP contribution in [0, 0.1) is 0 Å². The number of benzene rings is 1. The summed E-state index contributed by atoms with van der Waals surface area (Å²) in [7, 11) is 1.87. The minimum atomic E-state index is 0.295. The molecule has 0 spiro atoms. The van der Waals surface area contributed by atoms with Crippen molar-refractivity contribution in [2.45, 2.75) is 58.7 Å². The molecule has 1 N–H and O–H groups in total. The van der Waals surface area contributed by atoms with E-state index in [1.54, 1.807) is 0 Å². The summed E-state index contributed by atoms with van der Waals surface area (Å²) in [5.41, 5.74) is 0. The van der Waals surface area contributed by atoms with Crippen LogP contribution in [0.25, 0.3) is 0 Å². The second kappa shape index (κ2) is 10.4. The lowest BCUT2D eigenvalue weighted by molar-refractivity contribution is 0.129. The summed E-state index contributed by atoms with van der Waals surface area (Å²) in [5.74, 6) is 1.98. The molecule has 1 aromatic rings. The fourth-order valence-electron chi connectivity index (χ4n) is 3.62. The maximum Gasteiger partial charge on any atom is 0.193 e. The van der Waals surface area contributed by atoms with Gasteiger partial charge in [-0.25, -0.2) is 0 Å². The molecule has 2 rings (SSSR count). The van der Waals surface area contributed by atoms with E-state index in [9.17, 15) is 0 Å². The summed E-state index contributed by atoms with van der Waals surface area (Å²) in [4.78, 5) is 9.33. The van der Waals surface area contributed by atoms with Crippen LogP contribution in [-0.2, 0) is 0 Å². The van der Waals surface area contributed by atoms with Crippen LogP contribution in [0.15, 0.2) is 35.3 Å². The summed E-state index contributed by atoms with van der Waals surface area (Å²) in [6.07, 6.45) is 2.35. The van der Waals surface area contributed by atoms with Crippen LogP contribution in [0.3, 0.4) is 0 Å². The van der Waals surface area contributed by atoms with Crippen LogP contribution in [-0.4, -0.2) is 67.2 Å². The summed E-state index contributed by atoms with van der Waals surface area (Å²) < 4.78 is 6.09. The van der Waals surface area contributed by atoms with Crippen molar-refractivity contribution < 1.29 is 4.74 Å². The zero-order valence-corrected chi connectivity index (χ0v) is 17.1. The maximum absolute atomic E-state index is 6.09. The van der Waals surface area contributed by atoms with Gasteiger partial charge >= 0.3 is 0 Å². The van der Waals surface area contributed by atoms with E-state index >= 15 is 0 Å². The molecule has 1 heterocycles. The number of aliphatic imine (C=N–C) groups is 1. The van der Waals surface area contributed by atoms with Crippen molar-refractivity contribution in [2.24, 2.45) is 4.99 Å². The molecule has 26 heavy (non-hydrogen) atoms. The van der Waals surface area contributed by atoms with Gasteiger partial charge in [0.05, 0.1) is 0 Å². The Kier molecular flexibility index (Phi) is 8.23. The van der Waals surface area contributed by atoms with Gasteiger partial charge in [-0.1, -0.05) is 18.2 Å². The third-order valence-electron chi connectivity index (χ3n) is 4.98. The molecule has 0 saturated carbocycles. The Morgan fingerprint density at radius 2 is 1.77 bits per heavy atom. The Bertz CT molecular complexity index is 528. The van der Waals surface area contributed by atoms with Gasteiger partial charge in [-0.3, -0.25) is 9.89 Å². The number of para-hydroxylation sites is 1. The van der Waals surface area contributed by atoms with Gasteiger partial charge in [-0.15, -0.1) is 0 Å². The molecule has 0 radical (unpaired) electrons. The highest BCUT2D eigenvalue weighted by Crippen LogP contribution is 2.18. The molecule has 0 aliphatic carbocycles. The summed E-state index contributed by atoms with van der Waals surface area (Å²) in [5, 5.41) is 3.54. The summed E-state index contributed by atoms with van der Waals surface area (Å²) >= 11 is 0. The summed E-state index contributed by atoms with van der Waals surface area (Å²) in [6, 6.07) is 11.2. The van der Waals surface area contributed by atoms with Crippen LogP contribution in [0.5, 0.6) is 5.75 Å². The van der Waals surface area contributed by atoms with E-state index in [2.05, 4.69) is 47.8 Å². The van der Waals surface area contributed by atoms with Gasteiger partial charge in [-0.2, -0.15) is 0 Å². The standard InChI is InChI=1S/C21H36N4O/c1-17(2)25(18(3)4)16-13-23-21(22-5)24-14-11-20(12-15-24)26-19-9-7-6-8-10-19/h6-10,17-18,20H,11-16H2,1-5H3,(H,22,23). The van der Waals surface area contributed by atoms with E-state index in [1.807, 2.05) is 37.4 Å². The molecule has 0 bridgehead atoms. The first-order chi connectivity index (χ1) is 12.5. The molecule has 0 unspecified atom stereocenters. The van der Waals surface area contributed by atoms with Gasteiger partial charge in [0.15, 0.2) is 5.96 Å². The van der Waals surface area contributed by atoms with Gasteiger partial charge in [0.25, 0.3) is 0 Å². The Labute approximate surface area is 159 Å². The van der Waals surface area contributed by atoms with E-state index in [0.29, 0.717) is 18.2 Å². The Hall–Kier alpha value is -1.75. The quantitative estimate of drug-likeness (QED) is 0.599. The number of rotatable bonds is 7. The lowest BCUT2D eigenvalue weighted by Crippen LogP contribution is -2.49. The molecule has 1 aliphatic rings. The molecule has 146 valence electrons. The topological polar surface area (TPSA) is 40.1 Å². The maximum atomic E-state index is 6.09. The number of nitrogens with zero attached hydrogens (tertiary/aromatic N) is 3. The number of hydrogen-bond acceptors (Lipinski definition) is 3. The highest BCUT2D eigenvalue weighted by Gasteiger charge is 2.23. The average Bonchev–Trinajstić information content (AvgIpc) is 2.63. The monoisotopic (exact) mass is 360 g/mol. The molecule has 5 heteroatoms. The van der Waals surface area contributed by atoms with Gasteiger partial charge in [0.2, 0.25) is 0 Å². The van der Waals surface area contributed by atoms with Crippen molar-refractivity contribution in [1.82, 2.24) is 15.1 Å². The lowest BCUT2D eigenvalue weighted by Gasteiger charge is -2.35. The zero-order chi connectivity index (χ0) is 18.9. The Balaban J connectivity index is 1.76. The van der Waals surface area contributed by atoms with E-state index in [4.69, 9.17) is 4.74 Å².